The fourth-order valence-electron chi connectivity index (χ4n) is 1.37. The van der Waals surface area contributed by atoms with E-state index in [2.05, 4.69) is 48.0 Å². The van der Waals surface area contributed by atoms with Crippen LogP contribution < -0.4 is 10.2 Å². The summed E-state index contributed by atoms with van der Waals surface area (Å²) in [5, 5.41) is 3.08. The molecule has 90 valence electrons. The molecule has 0 amide bonds. The molecule has 0 aliphatic carbocycles. The predicted octanol–water partition coefficient (Wildman–Crippen LogP) is 1.82. The van der Waals surface area contributed by atoms with Crippen molar-refractivity contribution in [1.82, 2.24) is 15.3 Å². The second-order valence-electron chi connectivity index (χ2n) is 4.62. The van der Waals surface area contributed by atoms with Crippen LogP contribution in [0.3, 0.4) is 0 Å². The summed E-state index contributed by atoms with van der Waals surface area (Å²) in [5.41, 5.74) is 1.08. The monoisotopic (exact) mass is 222 g/mol. The van der Waals surface area contributed by atoms with E-state index >= 15 is 0 Å². The van der Waals surface area contributed by atoms with Crippen molar-refractivity contribution in [3.63, 3.8) is 0 Å². The maximum atomic E-state index is 4.58. The third-order valence-electron chi connectivity index (χ3n) is 3.15. The highest BCUT2D eigenvalue weighted by Crippen LogP contribution is 2.22. The van der Waals surface area contributed by atoms with Crippen molar-refractivity contribution in [2.24, 2.45) is 0 Å². The van der Waals surface area contributed by atoms with Crippen LogP contribution in [-0.2, 0) is 6.54 Å². The van der Waals surface area contributed by atoms with E-state index in [1.807, 2.05) is 13.2 Å². The van der Waals surface area contributed by atoms with Crippen molar-refractivity contribution in [3.05, 3.63) is 18.1 Å². The summed E-state index contributed by atoms with van der Waals surface area (Å²) in [6.45, 7) is 7.35. The molecule has 1 heterocycles. The molecule has 0 aromatic carbocycles. The Morgan fingerprint density at radius 3 is 2.62 bits per heavy atom. The third kappa shape index (κ3) is 2.92. The molecular formula is C12H22N4. The average molecular weight is 222 g/mol. The van der Waals surface area contributed by atoms with Gasteiger partial charge in [-0.2, -0.15) is 0 Å². The minimum absolute atomic E-state index is 0.104. The Morgan fingerprint density at radius 2 is 2.06 bits per heavy atom. The summed E-state index contributed by atoms with van der Waals surface area (Å²) in [7, 11) is 3.98. The zero-order valence-corrected chi connectivity index (χ0v) is 10.9. The topological polar surface area (TPSA) is 41.1 Å². The van der Waals surface area contributed by atoms with E-state index in [1.165, 1.54) is 0 Å². The van der Waals surface area contributed by atoms with Crippen LogP contribution in [0.1, 0.15) is 32.9 Å². The molecule has 0 saturated carbocycles. The smallest absolute Gasteiger partial charge is 0.147 e. The second-order valence-corrected chi connectivity index (χ2v) is 4.62. The first-order chi connectivity index (χ1) is 7.51. The third-order valence-corrected chi connectivity index (χ3v) is 3.15. The number of anilines is 1. The van der Waals surface area contributed by atoms with Crippen molar-refractivity contribution in [3.8, 4) is 0 Å². The maximum absolute atomic E-state index is 4.58. The summed E-state index contributed by atoms with van der Waals surface area (Å²) in [4.78, 5) is 11.0. The van der Waals surface area contributed by atoms with E-state index in [-0.39, 0.29) is 5.54 Å². The van der Waals surface area contributed by atoms with Gasteiger partial charge in [0.25, 0.3) is 0 Å². The molecule has 4 nitrogen and oxygen atoms in total. The van der Waals surface area contributed by atoms with Gasteiger partial charge in [-0.3, -0.25) is 4.98 Å². The molecule has 1 rings (SSSR count). The molecule has 0 aliphatic heterocycles. The lowest BCUT2D eigenvalue weighted by Gasteiger charge is -2.35. The number of nitrogens with zero attached hydrogens (tertiary/aromatic N) is 3. The number of nitrogens with one attached hydrogen (secondary N) is 1. The Hall–Kier alpha value is -1.16. The molecule has 16 heavy (non-hydrogen) atoms. The Balaban J connectivity index is 2.91. The molecule has 0 atom stereocenters. The minimum Gasteiger partial charge on any atom is -0.353 e. The Bertz CT molecular complexity index is 336. The zero-order chi connectivity index (χ0) is 12.2. The normalized spacial score (nSPS) is 11.6. The van der Waals surface area contributed by atoms with Gasteiger partial charge in [0.05, 0.1) is 11.9 Å². The van der Waals surface area contributed by atoms with Crippen LogP contribution in [0.15, 0.2) is 12.4 Å². The second kappa shape index (κ2) is 5.25. The molecule has 0 spiro atoms. The van der Waals surface area contributed by atoms with Gasteiger partial charge in [0.1, 0.15) is 5.82 Å². The van der Waals surface area contributed by atoms with Gasteiger partial charge in [-0.05, 0) is 27.3 Å². The molecule has 0 fully saturated rings. The van der Waals surface area contributed by atoms with Gasteiger partial charge in [0.15, 0.2) is 0 Å². The van der Waals surface area contributed by atoms with Crippen LogP contribution in [0.4, 0.5) is 5.82 Å². The van der Waals surface area contributed by atoms with E-state index < -0.39 is 0 Å². The quantitative estimate of drug-likeness (QED) is 0.825. The molecule has 1 aromatic rings. The first-order valence-electron chi connectivity index (χ1n) is 5.70. The van der Waals surface area contributed by atoms with Crippen LogP contribution in [-0.4, -0.2) is 29.6 Å². The van der Waals surface area contributed by atoms with Gasteiger partial charge in [-0.1, -0.05) is 6.92 Å². The van der Waals surface area contributed by atoms with Crippen LogP contribution in [0.5, 0.6) is 0 Å². The van der Waals surface area contributed by atoms with Crippen LogP contribution in [0, 0.1) is 0 Å². The number of hydrogen-bond donors (Lipinski definition) is 1. The molecule has 1 N–H and O–H groups in total. The highest BCUT2D eigenvalue weighted by molar-refractivity contribution is 5.38. The van der Waals surface area contributed by atoms with Gasteiger partial charge in [-0.15, -0.1) is 0 Å². The highest BCUT2D eigenvalue weighted by atomic mass is 15.2. The van der Waals surface area contributed by atoms with E-state index in [0.29, 0.717) is 0 Å². The fourth-order valence-corrected chi connectivity index (χ4v) is 1.37. The lowest BCUT2D eigenvalue weighted by atomic mass is 10.0. The summed E-state index contributed by atoms with van der Waals surface area (Å²) in [6, 6.07) is 0. The van der Waals surface area contributed by atoms with Crippen molar-refractivity contribution in [2.45, 2.75) is 39.3 Å². The van der Waals surface area contributed by atoms with Gasteiger partial charge >= 0.3 is 0 Å². The first-order valence-corrected chi connectivity index (χ1v) is 5.70. The van der Waals surface area contributed by atoms with Crippen molar-refractivity contribution >= 4 is 5.82 Å². The number of hydrogen-bond acceptors (Lipinski definition) is 4. The van der Waals surface area contributed by atoms with E-state index in [1.54, 1.807) is 6.20 Å². The van der Waals surface area contributed by atoms with Crippen LogP contribution in [0.25, 0.3) is 0 Å². The molecule has 1 aromatic heterocycles. The van der Waals surface area contributed by atoms with Crippen molar-refractivity contribution in [2.75, 3.05) is 19.0 Å². The molecule has 0 bridgehead atoms. The van der Waals surface area contributed by atoms with Gasteiger partial charge in [-0.25, -0.2) is 4.98 Å². The first kappa shape index (κ1) is 12.9. The standard InChI is InChI=1S/C12H22N4/c1-6-12(2,3)16(5)11-9-14-8-10(15-11)7-13-4/h8-9,13H,6-7H2,1-5H3. The van der Waals surface area contributed by atoms with Gasteiger partial charge < -0.3 is 10.2 Å². The lowest BCUT2D eigenvalue weighted by Crippen LogP contribution is -2.41. The summed E-state index contributed by atoms with van der Waals surface area (Å²) < 4.78 is 0. The summed E-state index contributed by atoms with van der Waals surface area (Å²) in [5.74, 6) is 0.930. The van der Waals surface area contributed by atoms with Crippen molar-refractivity contribution < 1.29 is 0 Å². The van der Waals surface area contributed by atoms with Gasteiger partial charge in [0, 0.05) is 25.3 Å². The predicted molar refractivity (Wildman–Crippen MR) is 67.6 cm³/mol. The fraction of sp³-hybridized carbons (Fsp3) is 0.667. The summed E-state index contributed by atoms with van der Waals surface area (Å²) in [6.07, 6.45) is 4.69. The largest absolute Gasteiger partial charge is 0.353 e. The zero-order valence-electron chi connectivity index (χ0n) is 10.9. The highest BCUT2D eigenvalue weighted by Gasteiger charge is 2.22. The average Bonchev–Trinajstić information content (AvgIpc) is 2.29. The van der Waals surface area contributed by atoms with E-state index in [0.717, 1.165) is 24.5 Å². The van der Waals surface area contributed by atoms with Crippen molar-refractivity contribution in [1.29, 1.82) is 0 Å². The van der Waals surface area contributed by atoms with E-state index in [9.17, 15) is 0 Å². The Labute approximate surface area is 98.1 Å². The number of rotatable bonds is 5. The minimum atomic E-state index is 0.104. The maximum Gasteiger partial charge on any atom is 0.147 e. The molecule has 4 heteroatoms. The van der Waals surface area contributed by atoms with Crippen LogP contribution >= 0.6 is 0 Å². The lowest BCUT2D eigenvalue weighted by molar-refractivity contribution is 0.466. The molecule has 0 unspecified atom stereocenters. The Morgan fingerprint density at radius 1 is 1.38 bits per heavy atom. The molecular weight excluding hydrogens is 200 g/mol. The number of aromatic nitrogens is 2. The SMILES string of the molecule is CCC(C)(C)N(C)c1cncc(CNC)n1. The molecule has 0 saturated heterocycles. The Kier molecular flexibility index (Phi) is 4.24. The molecule has 0 radical (unpaired) electrons. The molecule has 0 aliphatic rings. The summed E-state index contributed by atoms with van der Waals surface area (Å²) >= 11 is 0. The van der Waals surface area contributed by atoms with Crippen LogP contribution in [0.2, 0.25) is 0 Å². The van der Waals surface area contributed by atoms with Gasteiger partial charge in [0.2, 0.25) is 0 Å². The van der Waals surface area contributed by atoms with E-state index in [4.69, 9.17) is 0 Å².